The number of rotatable bonds is 4. The second-order valence-electron chi connectivity index (χ2n) is 3.88. The molecule has 1 atom stereocenters. The molecule has 0 bridgehead atoms. The maximum atomic E-state index is 5.61. The van der Waals surface area contributed by atoms with Gasteiger partial charge in [-0.2, -0.15) is 0 Å². The van der Waals surface area contributed by atoms with Gasteiger partial charge in [-0.25, -0.2) is 0 Å². The van der Waals surface area contributed by atoms with E-state index in [0.29, 0.717) is 12.5 Å². The molecule has 2 nitrogen and oxygen atoms in total. The average Bonchev–Trinajstić information content (AvgIpc) is 2.16. The van der Waals surface area contributed by atoms with Gasteiger partial charge in [0, 0.05) is 0 Å². The quantitative estimate of drug-likeness (QED) is 0.797. The summed E-state index contributed by atoms with van der Waals surface area (Å²) in [5, 5.41) is 0. The molecule has 2 heteroatoms. The van der Waals surface area contributed by atoms with Gasteiger partial charge < -0.3 is 10.5 Å². The second kappa shape index (κ2) is 5.01. The molecule has 1 aromatic carbocycles. The molecular formula is C12H19NO. The van der Waals surface area contributed by atoms with Gasteiger partial charge in [0.25, 0.3) is 0 Å². The van der Waals surface area contributed by atoms with Gasteiger partial charge >= 0.3 is 0 Å². The van der Waals surface area contributed by atoms with E-state index >= 15 is 0 Å². The Labute approximate surface area is 86.1 Å². The van der Waals surface area contributed by atoms with Crippen LogP contribution in [0.5, 0.6) is 5.75 Å². The van der Waals surface area contributed by atoms with E-state index in [2.05, 4.69) is 19.1 Å². The van der Waals surface area contributed by atoms with Crippen LogP contribution in [-0.4, -0.2) is 12.6 Å². The zero-order valence-corrected chi connectivity index (χ0v) is 9.16. The number of benzene rings is 1. The van der Waals surface area contributed by atoms with Gasteiger partial charge in [0.05, 0.1) is 6.10 Å². The van der Waals surface area contributed by atoms with E-state index in [4.69, 9.17) is 10.5 Å². The summed E-state index contributed by atoms with van der Waals surface area (Å²) in [4.78, 5) is 0. The molecule has 0 heterocycles. The topological polar surface area (TPSA) is 35.2 Å². The number of hydrogen-bond donors (Lipinski definition) is 1. The highest BCUT2D eigenvalue weighted by Gasteiger charge is 2.04. The van der Waals surface area contributed by atoms with Gasteiger partial charge in [0.1, 0.15) is 5.75 Å². The van der Waals surface area contributed by atoms with Crippen LogP contribution in [0.15, 0.2) is 24.3 Å². The highest BCUT2D eigenvalue weighted by Crippen LogP contribution is 2.20. The fourth-order valence-corrected chi connectivity index (χ4v) is 1.30. The Kier molecular flexibility index (Phi) is 3.96. The summed E-state index contributed by atoms with van der Waals surface area (Å²) < 4.78 is 5.61. The van der Waals surface area contributed by atoms with Crippen molar-refractivity contribution in [3.63, 3.8) is 0 Å². The van der Waals surface area contributed by atoms with Gasteiger partial charge in [-0.05, 0) is 44.0 Å². The predicted molar refractivity (Wildman–Crippen MR) is 59.7 cm³/mol. The minimum Gasteiger partial charge on any atom is -0.491 e. The minimum atomic E-state index is 0.221. The molecular weight excluding hydrogens is 174 g/mol. The lowest BCUT2D eigenvalue weighted by Gasteiger charge is -2.13. The van der Waals surface area contributed by atoms with Crippen LogP contribution in [0.3, 0.4) is 0 Å². The predicted octanol–water partition coefficient (Wildman–Crippen LogP) is 2.54. The Morgan fingerprint density at radius 1 is 1.29 bits per heavy atom. The summed E-state index contributed by atoms with van der Waals surface area (Å²) in [5.41, 5.74) is 6.86. The minimum absolute atomic E-state index is 0.221. The zero-order chi connectivity index (χ0) is 10.6. The summed E-state index contributed by atoms with van der Waals surface area (Å²) in [7, 11) is 0. The Balaban J connectivity index is 2.78. The molecule has 0 saturated heterocycles. The first-order valence-corrected chi connectivity index (χ1v) is 5.10. The smallest absolute Gasteiger partial charge is 0.119 e. The normalized spacial score (nSPS) is 12.9. The van der Waals surface area contributed by atoms with Crippen molar-refractivity contribution in [1.82, 2.24) is 0 Å². The maximum Gasteiger partial charge on any atom is 0.119 e. The summed E-state index contributed by atoms with van der Waals surface area (Å²) in [5.74, 6) is 1.32. The third-order valence-corrected chi connectivity index (χ3v) is 2.15. The molecule has 0 fully saturated rings. The maximum absolute atomic E-state index is 5.61. The molecule has 0 radical (unpaired) electrons. The lowest BCUT2D eigenvalue weighted by Crippen LogP contribution is -2.10. The second-order valence-corrected chi connectivity index (χ2v) is 3.88. The van der Waals surface area contributed by atoms with Crippen molar-refractivity contribution in [2.24, 2.45) is 5.73 Å². The van der Waals surface area contributed by atoms with Crippen LogP contribution in [-0.2, 0) is 0 Å². The first-order valence-electron chi connectivity index (χ1n) is 5.10. The van der Waals surface area contributed by atoms with Gasteiger partial charge in [-0.3, -0.25) is 0 Å². The van der Waals surface area contributed by atoms with E-state index in [1.807, 2.05) is 26.0 Å². The molecule has 78 valence electrons. The van der Waals surface area contributed by atoms with Crippen molar-refractivity contribution < 1.29 is 4.74 Å². The fourth-order valence-electron chi connectivity index (χ4n) is 1.30. The van der Waals surface area contributed by atoms with E-state index in [-0.39, 0.29) is 6.10 Å². The van der Waals surface area contributed by atoms with Crippen LogP contribution >= 0.6 is 0 Å². The van der Waals surface area contributed by atoms with E-state index in [1.54, 1.807) is 0 Å². The number of ether oxygens (including phenoxy) is 1. The Morgan fingerprint density at radius 3 is 2.57 bits per heavy atom. The standard InChI is InChI=1S/C12H19NO/c1-9(2)14-12-6-4-5-11(7-12)10(3)8-13/h4-7,9-10H,8,13H2,1-3H3. The molecule has 0 amide bonds. The summed E-state index contributed by atoms with van der Waals surface area (Å²) >= 11 is 0. The molecule has 0 aromatic heterocycles. The molecule has 0 aliphatic heterocycles. The molecule has 2 N–H and O–H groups in total. The van der Waals surface area contributed by atoms with Gasteiger partial charge in [-0.1, -0.05) is 19.1 Å². The van der Waals surface area contributed by atoms with Crippen molar-refractivity contribution in [2.75, 3.05) is 6.54 Å². The molecule has 14 heavy (non-hydrogen) atoms. The lowest BCUT2D eigenvalue weighted by atomic mass is 10.0. The van der Waals surface area contributed by atoms with Crippen LogP contribution in [0.2, 0.25) is 0 Å². The Bertz CT molecular complexity index is 283. The van der Waals surface area contributed by atoms with Crippen LogP contribution in [0.25, 0.3) is 0 Å². The Hall–Kier alpha value is -1.02. The average molecular weight is 193 g/mol. The molecule has 1 rings (SSSR count). The zero-order valence-electron chi connectivity index (χ0n) is 9.16. The van der Waals surface area contributed by atoms with E-state index in [0.717, 1.165) is 5.75 Å². The highest BCUT2D eigenvalue weighted by atomic mass is 16.5. The molecule has 1 unspecified atom stereocenters. The molecule has 0 aliphatic carbocycles. The first kappa shape index (κ1) is 11.1. The molecule has 1 aromatic rings. The van der Waals surface area contributed by atoms with Gasteiger partial charge in [0.15, 0.2) is 0 Å². The van der Waals surface area contributed by atoms with Crippen LogP contribution in [0, 0.1) is 0 Å². The largest absolute Gasteiger partial charge is 0.491 e. The van der Waals surface area contributed by atoms with Crippen LogP contribution in [0.1, 0.15) is 32.3 Å². The number of nitrogens with two attached hydrogens (primary N) is 1. The third-order valence-electron chi connectivity index (χ3n) is 2.15. The van der Waals surface area contributed by atoms with E-state index in [9.17, 15) is 0 Å². The van der Waals surface area contributed by atoms with E-state index in [1.165, 1.54) is 5.56 Å². The van der Waals surface area contributed by atoms with Crippen molar-refractivity contribution in [3.8, 4) is 5.75 Å². The molecule has 0 saturated carbocycles. The molecule has 0 aliphatic rings. The van der Waals surface area contributed by atoms with Crippen LogP contribution < -0.4 is 10.5 Å². The monoisotopic (exact) mass is 193 g/mol. The van der Waals surface area contributed by atoms with Crippen molar-refractivity contribution >= 4 is 0 Å². The molecule has 0 spiro atoms. The lowest BCUT2D eigenvalue weighted by molar-refractivity contribution is 0.242. The fraction of sp³-hybridized carbons (Fsp3) is 0.500. The highest BCUT2D eigenvalue weighted by molar-refractivity contribution is 5.30. The first-order chi connectivity index (χ1) is 6.63. The summed E-state index contributed by atoms with van der Waals surface area (Å²) in [6, 6.07) is 8.15. The van der Waals surface area contributed by atoms with E-state index < -0.39 is 0 Å². The SMILES string of the molecule is CC(C)Oc1cccc(C(C)CN)c1. The van der Waals surface area contributed by atoms with Gasteiger partial charge in [-0.15, -0.1) is 0 Å². The third kappa shape index (κ3) is 3.04. The van der Waals surface area contributed by atoms with Crippen molar-refractivity contribution in [1.29, 1.82) is 0 Å². The van der Waals surface area contributed by atoms with Crippen molar-refractivity contribution in [3.05, 3.63) is 29.8 Å². The Morgan fingerprint density at radius 2 is 2.00 bits per heavy atom. The van der Waals surface area contributed by atoms with Gasteiger partial charge in [0.2, 0.25) is 0 Å². The summed E-state index contributed by atoms with van der Waals surface area (Å²) in [6.07, 6.45) is 0.221. The number of hydrogen-bond acceptors (Lipinski definition) is 2. The summed E-state index contributed by atoms with van der Waals surface area (Å²) in [6.45, 7) is 6.84. The van der Waals surface area contributed by atoms with Crippen LogP contribution in [0.4, 0.5) is 0 Å². The van der Waals surface area contributed by atoms with Crippen molar-refractivity contribution in [2.45, 2.75) is 32.8 Å².